The summed E-state index contributed by atoms with van der Waals surface area (Å²) in [6, 6.07) is 6.22. The highest BCUT2D eigenvalue weighted by Crippen LogP contribution is 2.27. The molecular weight excluding hydrogens is 300 g/mol. The maximum absolute atomic E-state index is 12.4. The molecular formula is C12H12N2O4S2. The van der Waals surface area contributed by atoms with Gasteiger partial charge in [0.15, 0.2) is 0 Å². The molecule has 2 rings (SSSR count). The summed E-state index contributed by atoms with van der Waals surface area (Å²) in [7, 11) is -2.25. The number of rotatable bonds is 5. The molecule has 0 fully saturated rings. The molecule has 0 aliphatic heterocycles. The van der Waals surface area contributed by atoms with Gasteiger partial charge in [0.1, 0.15) is 4.21 Å². The van der Waals surface area contributed by atoms with Gasteiger partial charge in [0.05, 0.1) is 18.3 Å². The number of hydrogen-bond donors (Lipinski definition) is 1. The lowest BCUT2D eigenvalue weighted by atomic mass is 10.3. The first kappa shape index (κ1) is 14.5. The predicted octanol–water partition coefficient (Wildman–Crippen LogP) is 1.60. The van der Waals surface area contributed by atoms with Crippen LogP contribution in [0.3, 0.4) is 0 Å². The predicted molar refractivity (Wildman–Crippen MR) is 75.5 cm³/mol. The fraction of sp³-hybridized carbons (Fsp3) is 0.167. The van der Waals surface area contributed by atoms with Gasteiger partial charge in [-0.05, 0) is 24.3 Å². The first-order chi connectivity index (χ1) is 9.41. The number of sulfonamides is 1. The Hall–Kier alpha value is -1.93. The Balaban J connectivity index is 2.31. The third kappa shape index (κ3) is 2.97. The number of anilines is 1. The fourth-order valence-corrected chi connectivity index (χ4v) is 4.25. The van der Waals surface area contributed by atoms with Crippen molar-refractivity contribution in [2.45, 2.75) is 10.6 Å². The van der Waals surface area contributed by atoms with Gasteiger partial charge in [-0.3, -0.25) is 14.1 Å². The SMILES string of the molecule is CN(c1cccnc1)S(=O)(=O)c1ccc(CC(=O)O)s1. The number of carboxylic acids is 1. The van der Waals surface area contributed by atoms with Crippen molar-refractivity contribution in [1.29, 1.82) is 0 Å². The highest BCUT2D eigenvalue weighted by molar-refractivity contribution is 7.94. The lowest BCUT2D eigenvalue weighted by Gasteiger charge is -2.17. The molecule has 0 radical (unpaired) electrons. The third-order valence-corrected chi connectivity index (χ3v) is 5.92. The molecule has 8 heteroatoms. The molecule has 0 saturated carbocycles. The number of carboxylic acid groups (broad SMARTS) is 1. The Morgan fingerprint density at radius 1 is 1.40 bits per heavy atom. The van der Waals surface area contributed by atoms with E-state index in [4.69, 9.17) is 5.11 Å². The molecule has 6 nitrogen and oxygen atoms in total. The summed E-state index contributed by atoms with van der Waals surface area (Å²) in [5.74, 6) is -0.989. The van der Waals surface area contributed by atoms with E-state index < -0.39 is 16.0 Å². The van der Waals surface area contributed by atoms with Gasteiger partial charge in [-0.1, -0.05) is 0 Å². The monoisotopic (exact) mass is 312 g/mol. The van der Waals surface area contributed by atoms with Gasteiger partial charge in [0, 0.05) is 18.1 Å². The molecule has 2 heterocycles. The van der Waals surface area contributed by atoms with E-state index in [0.717, 1.165) is 15.6 Å². The van der Waals surface area contributed by atoms with Crippen LogP contribution in [0.25, 0.3) is 0 Å². The summed E-state index contributed by atoms with van der Waals surface area (Å²) < 4.78 is 26.0. The van der Waals surface area contributed by atoms with Crippen molar-refractivity contribution < 1.29 is 18.3 Å². The standard InChI is InChI=1S/C12H12N2O4S2/c1-14(9-3-2-6-13-8-9)20(17,18)12-5-4-10(19-12)7-11(15)16/h2-6,8H,7H2,1H3,(H,15,16). The molecule has 1 N–H and O–H groups in total. The van der Waals surface area contributed by atoms with E-state index in [1.165, 1.54) is 25.4 Å². The number of thiophene rings is 1. The van der Waals surface area contributed by atoms with Crippen molar-refractivity contribution in [3.8, 4) is 0 Å². The zero-order valence-corrected chi connectivity index (χ0v) is 12.2. The molecule has 0 aromatic carbocycles. The molecule has 2 aromatic heterocycles. The van der Waals surface area contributed by atoms with Crippen LogP contribution in [0.2, 0.25) is 0 Å². The van der Waals surface area contributed by atoms with Crippen LogP contribution in [0.4, 0.5) is 5.69 Å². The van der Waals surface area contributed by atoms with Gasteiger partial charge < -0.3 is 5.11 Å². The van der Waals surface area contributed by atoms with Gasteiger partial charge in [0.25, 0.3) is 10.0 Å². The molecule has 0 aliphatic carbocycles. The summed E-state index contributed by atoms with van der Waals surface area (Å²) in [5.41, 5.74) is 0.445. The molecule has 0 atom stereocenters. The summed E-state index contributed by atoms with van der Waals surface area (Å²) in [5, 5.41) is 8.70. The number of carbonyl (C=O) groups is 1. The average Bonchev–Trinajstić information content (AvgIpc) is 2.87. The number of aliphatic carboxylic acids is 1. The van der Waals surface area contributed by atoms with Crippen LogP contribution in [0.5, 0.6) is 0 Å². The number of nitrogens with zero attached hydrogens (tertiary/aromatic N) is 2. The average molecular weight is 312 g/mol. The van der Waals surface area contributed by atoms with Crippen molar-refractivity contribution in [1.82, 2.24) is 4.98 Å². The Bertz CT molecular complexity index is 710. The molecule has 20 heavy (non-hydrogen) atoms. The van der Waals surface area contributed by atoms with Gasteiger partial charge in [-0.2, -0.15) is 0 Å². The zero-order valence-electron chi connectivity index (χ0n) is 10.6. The van der Waals surface area contributed by atoms with Crippen molar-refractivity contribution in [2.75, 3.05) is 11.4 Å². The molecule has 0 aliphatic rings. The van der Waals surface area contributed by atoms with Crippen LogP contribution in [0.1, 0.15) is 4.88 Å². The molecule has 0 bridgehead atoms. The number of hydrogen-bond acceptors (Lipinski definition) is 5. The van der Waals surface area contributed by atoms with Crippen LogP contribution in [-0.4, -0.2) is 31.5 Å². The second-order valence-electron chi connectivity index (χ2n) is 3.98. The van der Waals surface area contributed by atoms with E-state index in [1.54, 1.807) is 18.3 Å². The first-order valence-corrected chi connectivity index (χ1v) is 7.86. The summed E-state index contributed by atoms with van der Waals surface area (Å²) in [6.07, 6.45) is 2.82. The maximum atomic E-state index is 12.4. The topological polar surface area (TPSA) is 87.6 Å². The number of pyridine rings is 1. The molecule has 2 aromatic rings. The Kier molecular flexibility index (Phi) is 4.05. The second-order valence-corrected chi connectivity index (χ2v) is 7.34. The highest BCUT2D eigenvalue weighted by Gasteiger charge is 2.23. The highest BCUT2D eigenvalue weighted by atomic mass is 32.2. The zero-order chi connectivity index (χ0) is 14.8. The normalized spacial score (nSPS) is 11.2. The van der Waals surface area contributed by atoms with Crippen molar-refractivity contribution in [3.05, 3.63) is 41.5 Å². The van der Waals surface area contributed by atoms with Crippen molar-refractivity contribution in [2.24, 2.45) is 0 Å². The van der Waals surface area contributed by atoms with Crippen LogP contribution < -0.4 is 4.31 Å². The summed E-state index contributed by atoms with van der Waals surface area (Å²) >= 11 is 0.960. The molecule has 0 amide bonds. The minimum atomic E-state index is -3.69. The first-order valence-electron chi connectivity index (χ1n) is 5.61. The van der Waals surface area contributed by atoms with Gasteiger partial charge in [0.2, 0.25) is 0 Å². The van der Waals surface area contributed by atoms with Gasteiger partial charge in [-0.15, -0.1) is 11.3 Å². The van der Waals surface area contributed by atoms with E-state index in [1.807, 2.05) is 0 Å². The van der Waals surface area contributed by atoms with Crippen LogP contribution >= 0.6 is 11.3 Å². The van der Waals surface area contributed by atoms with Gasteiger partial charge >= 0.3 is 5.97 Å². The number of aromatic nitrogens is 1. The van der Waals surface area contributed by atoms with E-state index in [9.17, 15) is 13.2 Å². The van der Waals surface area contributed by atoms with Crippen molar-refractivity contribution >= 4 is 33.0 Å². The van der Waals surface area contributed by atoms with E-state index in [-0.39, 0.29) is 10.6 Å². The lowest BCUT2D eigenvalue weighted by molar-refractivity contribution is -0.136. The summed E-state index contributed by atoms with van der Waals surface area (Å²) in [6.45, 7) is 0. The Morgan fingerprint density at radius 2 is 2.15 bits per heavy atom. The van der Waals surface area contributed by atoms with E-state index in [0.29, 0.717) is 10.6 Å². The van der Waals surface area contributed by atoms with Crippen LogP contribution in [0.15, 0.2) is 40.9 Å². The van der Waals surface area contributed by atoms with Gasteiger partial charge in [-0.25, -0.2) is 8.42 Å². The molecule has 0 unspecified atom stereocenters. The Labute approximate surface area is 120 Å². The smallest absolute Gasteiger partial charge is 0.308 e. The minimum Gasteiger partial charge on any atom is -0.481 e. The molecule has 0 spiro atoms. The summed E-state index contributed by atoms with van der Waals surface area (Å²) in [4.78, 5) is 15.0. The van der Waals surface area contributed by atoms with E-state index >= 15 is 0 Å². The fourth-order valence-electron chi connectivity index (χ4n) is 1.55. The molecule has 0 saturated heterocycles. The molecule has 106 valence electrons. The van der Waals surface area contributed by atoms with E-state index in [2.05, 4.69) is 4.98 Å². The maximum Gasteiger partial charge on any atom is 0.308 e. The van der Waals surface area contributed by atoms with Crippen molar-refractivity contribution in [3.63, 3.8) is 0 Å². The largest absolute Gasteiger partial charge is 0.481 e. The van der Waals surface area contributed by atoms with Crippen LogP contribution in [-0.2, 0) is 21.2 Å². The Morgan fingerprint density at radius 3 is 2.75 bits per heavy atom. The lowest BCUT2D eigenvalue weighted by Crippen LogP contribution is -2.25. The second kappa shape index (κ2) is 5.59. The minimum absolute atomic E-state index is 0.111. The quantitative estimate of drug-likeness (QED) is 0.906. The third-order valence-electron chi connectivity index (χ3n) is 2.59. The van der Waals surface area contributed by atoms with Crippen LogP contribution in [0, 0.1) is 0 Å².